The molecule has 23 heavy (non-hydrogen) atoms. The minimum atomic E-state index is -1.07. The molecule has 0 saturated heterocycles. The second-order valence-electron chi connectivity index (χ2n) is 7.26. The van der Waals surface area contributed by atoms with E-state index in [1.165, 1.54) is 0 Å². The van der Waals surface area contributed by atoms with Crippen molar-refractivity contribution < 1.29 is 19.5 Å². The summed E-state index contributed by atoms with van der Waals surface area (Å²) < 4.78 is 0. The summed E-state index contributed by atoms with van der Waals surface area (Å²) >= 11 is 0. The summed E-state index contributed by atoms with van der Waals surface area (Å²) in [5.41, 5.74) is 0.0752. The zero-order valence-electron chi connectivity index (χ0n) is 13.8. The number of carboxylic acids is 1. The van der Waals surface area contributed by atoms with Crippen molar-refractivity contribution >= 4 is 17.7 Å². The molecule has 0 aromatic heterocycles. The van der Waals surface area contributed by atoms with Gasteiger partial charge in [0.25, 0.3) is 0 Å². The second kappa shape index (κ2) is 5.77. The number of amides is 1. The average molecular weight is 319 g/mol. The van der Waals surface area contributed by atoms with Crippen LogP contribution in [0.3, 0.4) is 0 Å². The number of carbonyl (C=O) groups is 3. The number of hydrogen-bond acceptors (Lipinski definition) is 3. The summed E-state index contributed by atoms with van der Waals surface area (Å²) in [5, 5.41) is 12.3. The van der Waals surface area contributed by atoms with Crippen molar-refractivity contribution in [3.05, 3.63) is 11.6 Å². The molecule has 3 rings (SSSR count). The molecule has 0 bridgehead atoms. The number of hydrogen-bond donors (Lipinski definition) is 2. The van der Waals surface area contributed by atoms with Crippen LogP contribution in [-0.2, 0) is 14.4 Å². The third kappa shape index (κ3) is 2.60. The molecule has 0 aliphatic heterocycles. The van der Waals surface area contributed by atoms with Crippen LogP contribution >= 0.6 is 0 Å². The van der Waals surface area contributed by atoms with Gasteiger partial charge >= 0.3 is 5.97 Å². The quantitative estimate of drug-likeness (QED) is 0.762. The normalized spacial score (nSPS) is 38.7. The van der Waals surface area contributed by atoms with Gasteiger partial charge in [-0.2, -0.15) is 0 Å². The minimum Gasteiger partial charge on any atom is -0.479 e. The van der Waals surface area contributed by atoms with Gasteiger partial charge in [0.15, 0.2) is 0 Å². The van der Waals surface area contributed by atoms with Crippen molar-refractivity contribution in [2.45, 2.75) is 57.9 Å². The van der Waals surface area contributed by atoms with Crippen LogP contribution in [0.1, 0.15) is 52.4 Å². The molecule has 2 N–H and O–H groups in total. The summed E-state index contributed by atoms with van der Waals surface area (Å²) in [4.78, 5) is 36.5. The number of ketones is 1. The number of rotatable bonds is 5. The summed E-state index contributed by atoms with van der Waals surface area (Å²) in [6, 6.07) is 0. The minimum absolute atomic E-state index is 0.0229. The van der Waals surface area contributed by atoms with Crippen LogP contribution in [-0.4, -0.2) is 28.3 Å². The van der Waals surface area contributed by atoms with E-state index in [1.807, 2.05) is 13.8 Å². The molecule has 126 valence electrons. The van der Waals surface area contributed by atoms with Gasteiger partial charge in [0.1, 0.15) is 11.3 Å². The molecule has 0 heterocycles. The van der Waals surface area contributed by atoms with Gasteiger partial charge in [-0.3, -0.25) is 9.59 Å². The Labute approximate surface area is 136 Å². The third-order valence-electron chi connectivity index (χ3n) is 6.09. The number of aliphatic carboxylic acids is 1. The van der Waals surface area contributed by atoms with Gasteiger partial charge < -0.3 is 10.4 Å². The first-order valence-electron chi connectivity index (χ1n) is 8.70. The molecule has 1 amide bonds. The Hall–Kier alpha value is -1.65. The maximum Gasteiger partial charge on any atom is 0.329 e. The second-order valence-corrected chi connectivity index (χ2v) is 7.26. The largest absolute Gasteiger partial charge is 0.479 e. The molecule has 3 aliphatic rings. The fourth-order valence-electron chi connectivity index (χ4n) is 4.47. The van der Waals surface area contributed by atoms with E-state index < -0.39 is 11.5 Å². The van der Waals surface area contributed by atoms with Gasteiger partial charge in [-0.15, -0.1) is 0 Å². The highest BCUT2D eigenvalue weighted by Gasteiger charge is 2.61. The number of fused-ring (bicyclic) bond motifs is 1. The van der Waals surface area contributed by atoms with Crippen LogP contribution in [0.2, 0.25) is 0 Å². The van der Waals surface area contributed by atoms with Crippen molar-refractivity contribution in [3.8, 4) is 0 Å². The zero-order chi connectivity index (χ0) is 16.8. The molecule has 5 nitrogen and oxygen atoms in total. The maximum absolute atomic E-state index is 12.8. The molecule has 3 aliphatic carbocycles. The van der Waals surface area contributed by atoms with Crippen molar-refractivity contribution in [2.75, 3.05) is 0 Å². The van der Waals surface area contributed by atoms with Crippen LogP contribution in [0.15, 0.2) is 11.6 Å². The molecule has 0 spiro atoms. The van der Waals surface area contributed by atoms with Gasteiger partial charge in [0.05, 0.1) is 0 Å². The Bertz CT molecular complexity index is 582. The molecule has 0 aromatic rings. The molecular formula is C18H25NO4. The number of carbonyl (C=O) groups excluding carboxylic acids is 2. The standard InChI is InChI=1S/C18H25NO4/c1-3-10-7-13-12(5-6-15(13)20)14(8-10)16(21)19-18(17(22)23)9-11(18)4-2/h7,11-14H,3-6,8-9H2,1-2H3,(H,19,21)(H,22,23)/t11-,12-,13-,14-,18-/m0/s1. The first-order chi connectivity index (χ1) is 10.9. The number of nitrogens with one attached hydrogen (secondary N) is 1. The van der Waals surface area contributed by atoms with Gasteiger partial charge in [-0.25, -0.2) is 4.79 Å². The van der Waals surface area contributed by atoms with E-state index >= 15 is 0 Å². The predicted octanol–water partition coefficient (Wildman–Crippen LogP) is 2.31. The lowest BCUT2D eigenvalue weighted by Crippen LogP contribution is -2.49. The lowest BCUT2D eigenvalue weighted by molar-refractivity contribution is -0.145. The monoisotopic (exact) mass is 319 g/mol. The highest BCUT2D eigenvalue weighted by atomic mass is 16.4. The summed E-state index contributed by atoms with van der Waals surface area (Å²) in [7, 11) is 0. The molecule has 2 saturated carbocycles. The summed E-state index contributed by atoms with van der Waals surface area (Å²) in [6.45, 7) is 3.99. The van der Waals surface area contributed by atoms with Crippen LogP contribution in [0, 0.1) is 23.7 Å². The van der Waals surface area contributed by atoms with Crippen molar-refractivity contribution in [1.82, 2.24) is 5.32 Å². The van der Waals surface area contributed by atoms with E-state index in [1.54, 1.807) is 0 Å². The fourth-order valence-corrected chi connectivity index (χ4v) is 4.47. The molecule has 5 heteroatoms. The topological polar surface area (TPSA) is 83.5 Å². The van der Waals surface area contributed by atoms with Gasteiger partial charge in [-0.1, -0.05) is 31.9 Å². The third-order valence-corrected chi connectivity index (χ3v) is 6.09. The smallest absolute Gasteiger partial charge is 0.329 e. The molecule has 5 atom stereocenters. The molecule has 2 fully saturated rings. The first-order valence-corrected chi connectivity index (χ1v) is 8.70. The van der Waals surface area contributed by atoms with Crippen LogP contribution < -0.4 is 5.32 Å². The Morgan fingerprint density at radius 3 is 2.70 bits per heavy atom. The van der Waals surface area contributed by atoms with E-state index in [9.17, 15) is 19.5 Å². The molecule has 0 radical (unpaired) electrons. The summed E-state index contributed by atoms with van der Waals surface area (Å²) in [6.07, 6.45) is 6.09. The highest BCUT2D eigenvalue weighted by Crippen LogP contribution is 2.48. The Balaban J connectivity index is 1.78. The predicted molar refractivity (Wildman–Crippen MR) is 84.6 cm³/mol. The van der Waals surface area contributed by atoms with Crippen LogP contribution in [0.5, 0.6) is 0 Å². The van der Waals surface area contributed by atoms with E-state index in [0.717, 1.165) is 24.8 Å². The number of allylic oxidation sites excluding steroid dienone is 2. The Kier molecular flexibility index (Phi) is 4.07. The van der Waals surface area contributed by atoms with E-state index in [0.29, 0.717) is 19.3 Å². The van der Waals surface area contributed by atoms with Gasteiger partial charge in [-0.05, 0) is 37.5 Å². The maximum atomic E-state index is 12.8. The lowest BCUT2D eigenvalue weighted by Gasteiger charge is -2.32. The van der Waals surface area contributed by atoms with Crippen LogP contribution in [0.25, 0.3) is 0 Å². The number of carboxylic acid groups (broad SMARTS) is 1. The van der Waals surface area contributed by atoms with E-state index in [2.05, 4.69) is 11.4 Å². The SMILES string of the molecule is CCC1=C[C@@H]2C(=O)CC[C@@H]2[C@@H](C(=O)N[C@@]2(C(=O)O)C[C@@H]2CC)C1. The molecular weight excluding hydrogens is 294 g/mol. The van der Waals surface area contributed by atoms with Gasteiger partial charge in [0.2, 0.25) is 5.91 Å². The number of Topliss-reactive ketones (excluding diaryl/α,β-unsaturated/α-hetero) is 1. The van der Waals surface area contributed by atoms with E-state index in [-0.39, 0.29) is 35.4 Å². The molecule has 0 unspecified atom stereocenters. The van der Waals surface area contributed by atoms with Crippen molar-refractivity contribution in [2.24, 2.45) is 23.7 Å². The average Bonchev–Trinajstić information content (AvgIpc) is 3.14. The Morgan fingerprint density at radius 2 is 2.13 bits per heavy atom. The summed E-state index contributed by atoms with van der Waals surface area (Å²) in [5.74, 6) is -1.22. The zero-order valence-corrected chi connectivity index (χ0v) is 13.8. The van der Waals surface area contributed by atoms with E-state index in [4.69, 9.17) is 0 Å². The first kappa shape index (κ1) is 16.2. The Morgan fingerprint density at radius 1 is 1.39 bits per heavy atom. The van der Waals surface area contributed by atoms with Crippen molar-refractivity contribution in [3.63, 3.8) is 0 Å². The van der Waals surface area contributed by atoms with Crippen molar-refractivity contribution in [1.29, 1.82) is 0 Å². The lowest BCUT2D eigenvalue weighted by atomic mass is 9.73. The fraction of sp³-hybridized carbons (Fsp3) is 0.722. The highest BCUT2D eigenvalue weighted by molar-refractivity contribution is 5.93. The van der Waals surface area contributed by atoms with Gasteiger partial charge in [0, 0.05) is 18.3 Å². The molecule has 0 aromatic carbocycles. The van der Waals surface area contributed by atoms with Crippen LogP contribution in [0.4, 0.5) is 0 Å².